The van der Waals surface area contributed by atoms with E-state index in [0.29, 0.717) is 17.9 Å². The van der Waals surface area contributed by atoms with Gasteiger partial charge in [-0.2, -0.15) is 0 Å². The first kappa shape index (κ1) is 19.2. The largest absolute Gasteiger partial charge is 0.467 e. The minimum Gasteiger partial charge on any atom is -0.467 e. The van der Waals surface area contributed by atoms with Gasteiger partial charge >= 0.3 is 0 Å². The first-order valence-electron chi connectivity index (χ1n) is 10.1. The second-order valence-electron chi connectivity index (χ2n) is 7.83. The molecule has 1 fully saturated rings. The van der Waals surface area contributed by atoms with E-state index in [1.807, 2.05) is 0 Å². The van der Waals surface area contributed by atoms with Crippen molar-refractivity contribution in [3.63, 3.8) is 0 Å². The molecule has 2 aromatic carbocycles. The summed E-state index contributed by atoms with van der Waals surface area (Å²) in [7, 11) is 0. The number of imide groups is 1. The predicted octanol–water partition coefficient (Wildman–Crippen LogP) is 4.02. The Hall–Kier alpha value is -3.74. The van der Waals surface area contributed by atoms with E-state index in [9.17, 15) is 18.8 Å². The van der Waals surface area contributed by atoms with Gasteiger partial charge < -0.3 is 9.32 Å². The molecule has 0 spiro atoms. The van der Waals surface area contributed by atoms with Crippen LogP contribution < -0.4 is 0 Å². The van der Waals surface area contributed by atoms with Gasteiger partial charge in [-0.1, -0.05) is 12.1 Å². The number of nitrogens with zero attached hydrogens (tertiary/aromatic N) is 2. The molecule has 0 saturated heterocycles. The first-order chi connectivity index (χ1) is 15.0. The SMILES string of the molecule is O=C1c2ccc(C(=O)N(Cc3ccc(F)cc3)C3CC3)cc2C(=O)N1Cc1ccco1. The lowest BCUT2D eigenvalue weighted by molar-refractivity contribution is 0.0631. The number of carbonyl (C=O) groups is 3. The highest BCUT2D eigenvalue weighted by atomic mass is 19.1. The number of amides is 3. The van der Waals surface area contributed by atoms with E-state index in [0.717, 1.165) is 23.3 Å². The summed E-state index contributed by atoms with van der Waals surface area (Å²) in [6.45, 7) is 0.403. The maximum Gasteiger partial charge on any atom is 0.261 e. The van der Waals surface area contributed by atoms with E-state index in [4.69, 9.17) is 4.42 Å². The summed E-state index contributed by atoms with van der Waals surface area (Å²) < 4.78 is 18.5. The van der Waals surface area contributed by atoms with Crippen LogP contribution in [0.1, 0.15) is 55.2 Å². The molecule has 156 valence electrons. The summed E-state index contributed by atoms with van der Waals surface area (Å²) in [5.74, 6) is -0.873. The van der Waals surface area contributed by atoms with Crippen LogP contribution in [0, 0.1) is 5.82 Å². The third kappa shape index (κ3) is 3.63. The fourth-order valence-electron chi connectivity index (χ4n) is 3.83. The number of hydrogen-bond acceptors (Lipinski definition) is 4. The Morgan fingerprint density at radius 2 is 1.77 bits per heavy atom. The van der Waals surface area contributed by atoms with Gasteiger partial charge in [0.25, 0.3) is 17.7 Å². The Morgan fingerprint density at radius 1 is 1.03 bits per heavy atom. The molecule has 3 aromatic rings. The maximum atomic E-state index is 13.3. The van der Waals surface area contributed by atoms with Crippen molar-refractivity contribution in [2.75, 3.05) is 0 Å². The van der Waals surface area contributed by atoms with Crippen molar-refractivity contribution in [3.05, 3.63) is 94.7 Å². The number of halogens is 1. The van der Waals surface area contributed by atoms with Crippen LogP contribution in [0.15, 0.2) is 65.3 Å². The number of carbonyl (C=O) groups excluding carboxylic acids is 3. The van der Waals surface area contributed by atoms with Gasteiger partial charge in [-0.3, -0.25) is 19.3 Å². The van der Waals surface area contributed by atoms with Crippen molar-refractivity contribution in [2.24, 2.45) is 0 Å². The summed E-state index contributed by atoms with van der Waals surface area (Å²) in [6, 6.07) is 14.2. The van der Waals surface area contributed by atoms with Crippen LogP contribution >= 0.6 is 0 Å². The third-order valence-corrected chi connectivity index (χ3v) is 5.63. The highest BCUT2D eigenvalue weighted by Crippen LogP contribution is 2.31. The molecule has 1 aliphatic carbocycles. The van der Waals surface area contributed by atoms with Gasteiger partial charge in [0.1, 0.15) is 11.6 Å². The van der Waals surface area contributed by atoms with Crippen molar-refractivity contribution >= 4 is 17.7 Å². The van der Waals surface area contributed by atoms with Gasteiger partial charge in [0.15, 0.2) is 0 Å². The summed E-state index contributed by atoms with van der Waals surface area (Å²) in [5, 5.41) is 0. The summed E-state index contributed by atoms with van der Waals surface area (Å²) >= 11 is 0. The van der Waals surface area contributed by atoms with Gasteiger partial charge in [-0.15, -0.1) is 0 Å². The van der Waals surface area contributed by atoms with E-state index in [1.165, 1.54) is 30.5 Å². The van der Waals surface area contributed by atoms with Gasteiger partial charge in [0.05, 0.1) is 23.9 Å². The Morgan fingerprint density at radius 3 is 2.45 bits per heavy atom. The molecule has 0 radical (unpaired) electrons. The molecule has 1 aliphatic heterocycles. The Bertz CT molecular complexity index is 1170. The van der Waals surface area contributed by atoms with Crippen molar-refractivity contribution in [1.82, 2.24) is 9.80 Å². The number of hydrogen-bond donors (Lipinski definition) is 0. The normalized spacial score (nSPS) is 15.3. The Labute approximate surface area is 177 Å². The quantitative estimate of drug-likeness (QED) is 0.567. The molecule has 1 aromatic heterocycles. The van der Waals surface area contributed by atoms with E-state index in [-0.39, 0.29) is 35.4 Å². The first-order valence-corrected chi connectivity index (χ1v) is 10.1. The third-order valence-electron chi connectivity index (χ3n) is 5.63. The summed E-state index contributed by atoms with van der Waals surface area (Å²) in [4.78, 5) is 41.6. The average molecular weight is 418 g/mol. The standard InChI is InChI=1S/C24H19FN2O4/c25-17-6-3-15(4-7-17)13-26(18-8-9-18)22(28)16-5-10-20-21(12-16)24(30)27(23(20)29)14-19-2-1-11-31-19/h1-7,10-12,18H,8-9,13-14H2. The molecule has 6 nitrogen and oxygen atoms in total. The highest BCUT2D eigenvalue weighted by Gasteiger charge is 2.38. The molecular weight excluding hydrogens is 399 g/mol. The number of fused-ring (bicyclic) bond motifs is 1. The van der Waals surface area contributed by atoms with E-state index in [1.54, 1.807) is 35.2 Å². The zero-order valence-corrected chi connectivity index (χ0v) is 16.6. The van der Waals surface area contributed by atoms with Crippen molar-refractivity contribution in [1.29, 1.82) is 0 Å². The molecule has 2 heterocycles. The molecule has 31 heavy (non-hydrogen) atoms. The van der Waals surface area contributed by atoms with Gasteiger partial charge in [-0.05, 0) is 60.9 Å². The molecule has 0 bridgehead atoms. The second kappa shape index (κ2) is 7.50. The predicted molar refractivity (Wildman–Crippen MR) is 109 cm³/mol. The van der Waals surface area contributed by atoms with Crippen LogP contribution in [0.3, 0.4) is 0 Å². The fraction of sp³-hybridized carbons (Fsp3) is 0.208. The lowest BCUT2D eigenvalue weighted by Gasteiger charge is -2.23. The second-order valence-corrected chi connectivity index (χ2v) is 7.83. The van der Waals surface area contributed by atoms with E-state index in [2.05, 4.69) is 0 Å². The zero-order chi connectivity index (χ0) is 21.5. The van der Waals surface area contributed by atoms with Crippen molar-refractivity contribution in [3.8, 4) is 0 Å². The minimum atomic E-state index is -0.442. The topological polar surface area (TPSA) is 70.8 Å². The zero-order valence-electron chi connectivity index (χ0n) is 16.6. The van der Waals surface area contributed by atoms with Crippen LogP contribution in [-0.4, -0.2) is 33.6 Å². The van der Waals surface area contributed by atoms with Gasteiger partial charge in [0, 0.05) is 18.2 Å². The molecule has 0 N–H and O–H groups in total. The summed E-state index contributed by atoms with van der Waals surface area (Å²) in [5.41, 5.74) is 1.69. The molecule has 0 atom stereocenters. The molecular formula is C24H19FN2O4. The number of rotatable bonds is 6. The van der Waals surface area contributed by atoms with Crippen LogP contribution in [0.4, 0.5) is 4.39 Å². The maximum absolute atomic E-state index is 13.3. The molecule has 2 aliphatic rings. The lowest BCUT2D eigenvalue weighted by atomic mass is 10.0. The Balaban J connectivity index is 1.39. The Kier molecular flexibility index (Phi) is 4.66. The smallest absolute Gasteiger partial charge is 0.261 e. The van der Waals surface area contributed by atoms with E-state index < -0.39 is 11.8 Å². The minimum absolute atomic E-state index is 0.0430. The van der Waals surface area contributed by atoms with Gasteiger partial charge in [0.2, 0.25) is 0 Å². The molecule has 5 rings (SSSR count). The van der Waals surface area contributed by atoms with Crippen molar-refractivity contribution < 1.29 is 23.2 Å². The number of furan rings is 1. The van der Waals surface area contributed by atoms with Crippen LogP contribution in [0.25, 0.3) is 0 Å². The van der Waals surface area contributed by atoms with Crippen molar-refractivity contribution in [2.45, 2.75) is 32.0 Å². The monoisotopic (exact) mass is 418 g/mol. The molecule has 7 heteroatoms. The lowest BCUT2D eigenvalue weighted by Crippen LogP contribution is -2.32. The van der Waals surface area contributed by atoms with Gasteiger partial charge in [-0.25, -0.2) is 4.39 Å². The number of benzene rings is 2. The molecule has 3 amide bonds. The average Bonchev–Trinajstić information content (AvgIpc) is 3.44. The molecule has 0 unspecified atom stereocenters. The van der Waals surface area contributed by atoms with Crippen LogP contribution in [-0.2, 0) is 13.1 Å². The van der Waals surface area contributed by atoms with Crippen LogP contribution in [0.5, 0.6) is 0 Å². The molecule has 1 saturated carbocycles. The van der Waals surface area contributed by atoms with E-state index >= 15 is 0 Å². The fourth-order valence-corrected chi connectivity index (χ4v) is 3.83. The summed E-state index contributed by atoms with van der Waals surface area (Å²) in [6.07, 6.45) is 3.30. The van der Waals surface area contributed by atoms with Crippen LogP contribution in [0.2, 0.25) is 0 Å². The highest BCUT2D eigenvalue weighted by molar-refractivity contribution is 6.22.